The number of nitrogens with zero attached hydrogens (tertiary/aromatic N) is 2. The minimum Gasteiger partial charge on any atom is -0.369 e. The van der Waals surface area contributed by atoms with Crippen molar-refractivity contribution in [3.8, 4) is 0 Å². The molecule has 0 bridgehead atoms. The lowest BCUT2D eigenvalue weighted by atomic mass is 9.84. The van der Waals surface area contributed by atoms with E-state index in [0.717, 1.165) is 42.9 Å². The summed E-state index contributed by atoms with van der Waals surface area (Å²) in [6.07, 6.45) is 1.95. The fraction of sp³-hybridized carbons (Fsp3) is 0.579. The molecule has 1 aliphatic rings. The summed E-state index contributed by atoms with van der Waals surface area (Å²) in [5.41, 5.74) is 6.50. The van der Waals surface area contributed by atoms with Crippen molar-refractivity contribution in [2.45, 2.75) is 38.1 Å². The lowest BCUT2D eigenvalue weighted by molar-refractivity contribution is -0.119. The minimum absolute atomic E-state index is 0.0391. The second-order valence-corrected chi connectivity index (χ2v) is 8.30. The van der Waals surface area contributed by atoms with Crippen molar-refractivity contribution in [1.29, 1.82) is 0 Å². The normalized spacial score (nSPS) is 17.2. The van der Waals surface area contributed by atoms with E-state index >= 15 is 0 Å². The first-order valence-electron chi connectivity index (χ1n) is 9.04. The standard InChI is InChI=1S/C19H30BrN5O/c1-19(2,15-6-4-5-7-16(15)20)13-23-18(22-3)24-14-8-10-25(11-9-14)12-17(21)26/h4-7,14H,8-13H2,1-3H3,(H2,21,26)(H2,22,23,24). The fourth-order valence-corrected chi connectivity index (χ4v) is 4.08. The third-order valence-electron chi connectivity index (χ3n) is 4.83. The van der Waals surface area contributed by atoms with Crippen LogP contribution in [0.3, 0.4) is 0 Å². The Morgan fingerprint density at radius 1 is 1.35 bits per heavy atom. The Morgan fingerprint density at radius 2 is 2.00 bits per heavy atom. The SMILES string of the molecule is CN=C(NCC(C)(C)c1ccccc1Br)NC1CCN(CC(N)=O)CC1. The van der Waals surface area contributed by atoms with E-state index in [4.69, 9.17) is 5.73 Å². The number of halogens is 1. The number of piperidine rings is 1. The van der Waals surface area contributed by atoms with Crippen molar-refractivity contribution in [3.05, 3.63) is 34.3 Å². The Hall–Kier alpha value is -1.60. The Kier molecular flexibility index (Phi) is 7.46. The van der Waals surface area contributed by atoms with E-state index in [9.17, 15) is 4.79 Å². The third-order valence-corrected chi connectivity index (χ3v) is 5.52. The predicted octanol–water partition coefficient (Wildman–Crippen LogP) is 1.84. The molecule has 1 saturated heterocycles. The molecule has 144 valence electrons. The van der Waals surface area contributed by atoms with Crippen LogP contribution in [0.2, 0.25) is 0 Å². The molecule has 0 aliphatic carbocycles. The number of hydrogen-bond acceptors (Lipinski definition) is 3. The lowest BCUT2D eigenvalue weighted by Gasteiger charge is -2.33. The first-order valence-corrected chi connectivity index (χ1v) is 9.84. The number of hydrogen-bond donors (Lipinski definition) is 3. The number of benzene rings is 1. The van der Waals surface area contributed by atoms with E-state index in [1.165, 1.54) is 5.56 Å². The Bertz CT molecular complexity index is 639. The van der Waals surface area contributed by atoms with Gasteiger partial charge in [0, 0.05) is 42.6 Å². The molecule has 1 amide bonds. The number of rotatable bonds is 6. The first-order chi connectivity index (χ1) is 12.3. The highest BCUT2D eigenvalue weighted by atomic mass is 79.9. The van der Waals surface area contributed by atoms with Gasteiger partial charge in [-0.1, -0.05) is 48.0 Å². The highest BCUT2D eigenvalue weighted by Crippen LogP contribution is 2.29. The van der Waals surface area contributed by atoms with Crippen LogP contribution >= 0.6 is 15.9 Å². The average molecular weight is 424 g/mol. The van der Waals surface area contributed by atoms with Gasteiger partial charge in [-0.3, -0.25) is 14.7 Å². The largest absolute Gasteiger partial charge is 0.369 e. The second kappa shape index (κ2) is 9.37. The fourth-order valence-electron chi connectivity index (χ4n) is 3.25. The summed E-state index contributed by atoms with van der Waals surface area (Å²) in [5.74, 6) is 0.557. The van der Waals surface area contributed by atoms with Gasteiger partial charge in [0.25, 0.3) is 0 Å². The quantitative estimate of drug-likeness (QED) is 0.481. The van der Waals surface area contributed by atoms with E-state index in [1.807, 2.05) is 6.07 Å². The molecule has 1 heterocycles. The number of guanidine groups is 1. The summed E-state index contributed by atoms with van der Waals surface area (Å²) in [6, 6.07) is 8.68. The van der Waals surface area contributed by atoms with Gasteiger partial charge in [0.15, 0.2) is 5.96 Å². The molecule has 1 fully saturated rings. The second-order valence-electron chi connectivity index (χ2n) is 7.45. The van der Waals surface area contributed by atoms with Gasteiger partial charge in [-0.2, -0.15) is 0 Å². The summed E-state index contributed by atoms with van der Waals surface area (Å²) >= 11 is 3.65. The van der Waals surface area contributed by atoms with E-state index in [0.29, 0.717) is 12.6 Å². The molecule has 0 aromatic heterocycles. The van der Waals surface area contributed by atoms with Gasteiger partial charge in [-0.15, -0.1) is 0 Å². The van der Waals surface area contributed by atoms with E-state index in [-0.39, 0.29) is 11.3 Å². The molecule has 4 N–H and O–H groups in total. The molecule has 1 aromatic carbocycles. The molecule has 0 radical (unpaired) electrons. The maximum absolute atomic E-state index is 11.0. The number of nitrogens with two attached hydrogens (primary N) is 1. The molecular formula is C19H30BrN5O. The molecule has 26 heavy (non-hydrogen) atoms. The van der Waals surface area contributed by atoms with Crippen LogP contribution in [0.4, 0.5) is 0 Å². The maximum atomic E-state index is 11.0. The molecule has 1 aliphatic heterocycles. The molecule has 7 heteroatoms. The van der Waals surface area contributed by atoms with Gasteiger partial charge in [0.1, 0.15) is 0 Å². The van der Waals surface area contributed by atoms with Gasteiger partial charge in [-0.05, 0) is 24.5 Å². The Labute approximate surface area is 164 Å². The zero-order chi connectivity index (χ0) is 19.2. The highest BCUT2D eigenvalue weighted by Gasteiger charge is 2.24. The molecule has 0 unspecified atom stereocenters. The van der Waals surface area contributed by atoms with Gasteiger partial charge in [0.05, 0.1) is 6.54 Å². The van der Waals surface area contributed by atoms with Crippen LogP contribution in [0.1, 0.15) is 32.3 Å². The molecule has 1 aromatic rings. The molecule has 0 saturated carbocycles. The van der Waals surface area contributed by atoms with Crippen molar-refractivity contribution in [1.82, 2.24) is 15.5 Å². The van der Waals surface area contributed by atoms with Crippen molar-refractivity contribution in [3.63, 3.8) is 0 Å². The first kappa shape index (κ1) is 20.7. The number of nitrogens with one attached hydrogen (secondary N) is 2. The van der Waals surface area contributed by atoms with Crippen molar-refractivity contribution in [2.75, 3.05) is 33.2 Å². The van der Waals surface area contributed by atoms with Crippen LogP contribution < -0.4 is 16.4 Å². The van der Waals surface area contributed by atoms with Crippen molar-refractivity contribution in [2.24, 2.45) is 10.7 Å². The third kappa shape index (κ3) is 5.99. The van der Waals surface area contributed by atoms with Gasteiger partial charge < -0.3 is 16.4 Å². The molecule has 6 nitrogen and oxygen atoms in total. The van der Waals surface area contributed by atoms with Gasteiger partial charge in [-0.25, -0.2) is 0 Å². The summed E-state index contributed by atoms with van der Waals surface area (Å²) in [4.78, 5) is 17.5. The van der Waals surface area contributed by atoms with E-state index < -0.39 is 0 Å². The number of carbonyl (C=O) groups is 1. The van der Waals surface area contributed by atoms with Crippen molar-refractivity contribution >= 4 is 27.8 Å². The zero-order valence-corrected chi connectivity index (χ0v) is 17.5. The van der Waals surface area contributed by atoms with Crippen LogP contribution in [0.15, 0.2) is 33.7 Å². The highest BCUT2D eigenvalue weighted by molar-refractivity contribution is 9.10. The Balaban J connectivity index is 1.85. The zero-order valence-electron chi connectivity index (χ0n) is 15.9. The smallest absolute Gasteiger partial charge is 0.231 e. The monoisotopic (exact) mass is 423 g/mol. The van der Waals surface area contributed by atoms with Crippen LogP contribution in [0.5, 0.6) is 0 Å². The summed E-state index contributed by atoms with van der Waals surface area (Å²) in [6.45, 7) is 7.31. The van der Waals surface area contributed by atoms with Crippen LogP contribution in [-0.4, -0.2) is 56.0 Å². The molecule has 0 atom stereocenters. The minimum atomic E-state index is -0.261. The summed E-state index contributed by atoms with van der Waals surface area (Å²) in [7, 11) is 1.79. The van der Waals surface area contributed by atoms with Crippen molar-refractivity contribution < 1.29 is 4.79 Å². The predicted molar refractivity (Wildman–Crippen MR) is 110 cm³/mol. The topological polar surface area (TPSA) is 82.8 Å². The van der Waals surface area contributed by atoms with Crippen LogP contribution in [0.25, 0.3) is 0 Å². The number of primary amides is 1. The van der Waals surface area contributed by atoms with Gasteiger partial charge in [0.2, 0.25) is 5.91 Å². The maximum Gasteiger partial charge on any atom is 0.231 e. The van der Waals surface area contributed by atoms with Crippen LogP contribution in [0, 0.1) is 0 Å². The Morgan fingerprint density at radius 3 is 2.58 bits per heavy atom. The molecular weight excluding hydrogens is 394 g/mol. The molecule has 2 rings (SSSR count). The van der Waals surface area contributed by atoms with Gasteiger partial charge >= 0.3 is 0 Å². The summed E-state index contributed by atoms with van der Waals surface area (Å²) < 4.78 is 1.12. The van der Waals surface area contributed by atoms with E-state index in [2.05, 4.69) is 68.5 Å². The molecule has 0 spiro atoms. The summed E-state index contributed by atoms with van der Waals surface area (Å²) in [5, 5.41) is 6.96. The van der Waals surface area contributed by atoms with Crippen LogP contribution in [-0.2, 0) is 10.2 Å². The number of aliphatic imine (C=N–C) groups is 1. The van der Waals surface area contributed by atoms with E-state index in [1.54, 1.807) is 7.05 Å². The average Bonchev–Trinajstić information content (AvgIpc) is 2.60. The number of amides is 1. The number of carbonyl (C=O) groups excluding carboxylic acids is 1. The number of likely N-dealkylation sites (tertiary alicyclic amines) is 1. The lowest BCUT2D eigenvalue weighted by Crippen LogP contribution is -2.51.